The average Bonchev–Trinajstić information content (AvgIpc) is 2.62. The molecule has 0 aliphatic carbocycles. The molecule has 0 aromatic heterocycles. The van der Waals surface area contributed by atoms with Crippen molar-refractivity contribution in [2.24, 2.45) is 0 Å². The fraction of sp³-hybridized carbons (Fsp3) is 0.368. The molecular formula is C19H22Cl2N2O. The van der Waals surface area contributed by atoms with Crippen molar-refractivity contribution in [1.82, 2.24) is 10.2 Å². The average molecular weight is 365 g/mol. The van der Waals surface area contributed by atoms with E-state index in [0.717, 1.165) is 49.4 Å². The molecule has 5 heteroatoms. The Morgan fingerprint density at radius 1 is 1.00 bits per heavy atom. The number of hydrogen-bond acceptors (Lipinski definition) is 3. The molecule has 1 saturated heterocycles. The minimum Gasteiger partial charge on any atom is -0.379 e. The predicted octanol–water partition coefficient (Wildman–Crippen LogP) is 4.16. The molecule has 2 aromatic carbocycles. The van der Waals surface area contributed by atoms with Gasteiger partial charge in [0.05, 0.1) is 13.2 Å². The molecule has 1 atom stereocenters. The number of rotatable bonds is 6. The van der Waals surface area contributed by atoms with Crippen LogP contribution in [0.25, 0.3) is 0 Å². The lowest BCUT2D eigenvalue weighted by Crippen LogP contribution is -2.42. The summed E-state index contributed by atoms with van der Waals surface area (Å²) in [5.74, 6) is 0. The standard InChI is InChI=1S/C19H22Cl2N2O/c20-16-7-5-15(6-8-16)13-22-14-19(23-9-11-24-12-10-23)17-3-1-2-4-18(17)21/h1-8,19,22H,9-14H2. The van der Waals surface area contributed by atoms with Gasteiger partial charge in [-0.15, -0.1) is 0 Å². The van der Waals surface area contributed by atoms with Gasteiger partial charge in [0.2, 0.25) is 0 Å². The van der Waals surface area contributed by atoms with Crippen molar-refractivity contribution in [3.05, 3.63) is 69.7 Å². The lowest BCUT2D eigenvalue weighted by molar-refractivity contribution is 0.0161. The Kier molecular flexibility index (Phi) is 6.52. The van der Waals surface area contributed by atoms with E-state index in [2.05, 4.69) is 28.4 Å². The van der Waals surface area contributed by atoms with Crippen LogP contribution in [-0.4, -0.2) is 37.7 Å². The zero-order chi connectivity index (χ0) is 16.8. The number of halogens is 2. The monoisotopic (exact) mass is 364 g/mol. The van der Waals surface area contributed by atoms with E-state index in [4.69, 9.17) is 27.9 Å². The quantitative estimate of drug-likeness (QED) is 0.832. The molecule has 2 aromatic rings. The first-order valence-electron chi connectivity index (χ1n) is 8.25. The largest absolute Gasteiger partial charge is 0.379 e. The molecule has 24 heavy (non-hydrogen) atoms. The van der Waals surface area contributed by atoms with Gasteiger partial charge in [-0.1, -0.05) is 53.5 Å². The van der Waals surface area contributed by atoms with Gasteiger partial charge in [-0.3, -0.25) is 4.90 Å². The first kappa shape index (κ1) is 17.7. The summed E-state index contributed by atoms with van der Waals surface area (Å²) in [7, 11) is 0. The van der Waals surface area contributed by atoms with Crippen LogP contribution in [0.5, 0.6) is 0 Å². The molecule has 1 heterocycles. The molecule has 0 amide bonds. The van der Waals surface area contributed by atoms with Crippen molar-refractivity contribution in [2.75, 3.05) is 32.8 Å². The number of hydrogen-bond donors (Lipinski definition) is 1. The lowest BCUT2D eigenvalue weighted by Gasteiger charge is -2.35. The topological polar surface area (TPSA) is 24.5 Å². The summed E-state index contributed by atoms with van der Waals surface area (Å²) >= 11 is 12.4. The molecule has 1 N–H and O–H groups in total. The second-order valence-electron chi connectivity index (χ2n) is 5.94. The molecule has 0 spiro atoms. The van der Waals surface area contributed by atoms with Crippen molar-refractivity contribution < 1.29 is 4.74 Å². The zero-order valence-electron chi connectivity index (χ0n) is 13.6. The molecule has 0 bridgehead atoms. The molecule has 0 radical (unpaired) electrons. The molecule has 1 unspecified atom stereocenters. The number of benzene rings is 2. The summed E-state index contributed by atoms with van der Waals surface area (Å²) in [6, 6.07) is 16.3. The van der Waals surface area contributed by atoms with Crippen molar-refractivity contribution in [2.45, 2.75) is 12.6 Å². The van der Waals surface area contributed by atoms with E-state index in [1.165, 1.54) is 11.1 Å². The van der Waals surface area contributed by atoms with E-state index in [1.807, 2.05) is 30.3 Å². The van der Waals surface area contributed by atoms with Crippen LogP contribution in [0.4, 0.5) is 0 Å². The maximum atomic E-state index is 6.45. The van der Waals surface area contributed by atoms with Crippen LogP contribution < -0.4 is 5.32 Å². The van der Waals surface area contributed by atoms with E-state index < -0.39 is 0 Å². The first-order valence-corrected chi connectivity index (χ1v) is 9.01. The second-order valence-corrected chi connectivity index (χ2v) is 6.79. The van der Waals surface area contributed by atoms with Gasteiger partial charge < -0.3 is 10.1 Å². The summed E-state index contributed by atoms with van der Waals surface area (Å²) < 4.78 is 5.49. The third-order valence-corrected chi connectivity index (χ3v) is 4.93. The second kappa shape index (κ2) is 8.84. The summed E-state index contributed by atoms with van der Waals surface area (Å²) in [6.45, 7) is 5.06. The Morgan fingerprint density at radius 3 is 2.42 bits per heavy atom. The number of ether oxygens (including phenoxy) is 1. The number of morpholine rings is 1. The Balaban J connectivity index is 1.67. The maximum absolute atomic E-state index is 6.45. The van der Waals surface area contributed by atoms with Gasteiger partial charge in [0, 0.05) is 42.3 Å². The fourth-order valence-electron chi connectivity index (χ4n) is 3.03. The van der Waals surface area contributed by atoms with Crippen LogP contribution in [0.3, 0.4) is 0 Å². The van der Waals surface area contributed by atoms with Crippen LogP contribution in [0.1, 0.15) is 17.2 Å². The number of nitrogens with zero attached hydrogens (tertiary/aromatic N) is 1. The number of nitrogens with one attached hydrogen (secondary N) is 1. The van der Waals surface area contributed by atoms with Gasteiger partial charge in [-0.2, -0.15) is 0 Å². The Morgan fingerprint density at radius 2 is 1.71 bits per heavy atom. The highest BCUT2D eigenvalue weighted by Gasteiger charge is 2.23. The van der Waals surface area contributed by atoms with E-state index in [1.54, 1.807) is 0 Å². The van der Waals surface area contributed by atoms with Crippen LogP contribution in [-0.2, 0) is 11.3 Å². The van der Waals surface area contributed by atoms with Gasteiger partial charge in [-0.25, -0.2) is 0 Å². The summed E-state index contributed by atoms with van der Waals surface area (Å²) in [5.41, 5.74) is 2.39. The Bertz CT molecular complexity index is 642. The molecule has 1 aliphatic heterocycles. The Hall–Kier alpha value is -1.10. The van der Waals surface area contributed by atoms with Gasteiger partial charge >= 0.3 is 0 Å². The molecule has 128 valence electrons. The fourth-order valence-corrected chi connectivity index (χ4v) is 3.41. The molecular weight excluding hydrogens is 343 g/mol. The van der Waals surface area contributed by atoms with E-state index in [0.29, 0.717) is 0 Å². The van der Waals surface area contributed by atoms with Crippen molar-refractivity contribution in [1.29, 1.82) is 0 Å². The highest BCUT2D eigenvalue weighted by atomic mass is 35.5. The molecule has 1 fully saturated rings. The molecule has 3 nitrogen and oxygen atoms in total. The minimum absolute atomic E-state index is 0.245. The van der Waals surface area contributed by atoms with Crippen molar-refractivity contribution in [3.63, 3.8) is 0 Å². The summed E-state index contributed by atoms with van der Waals surface area (Å²) in [4.78, 5) is 2.44. The highest BCUT2D eigenvalue weighted by Crippen LogP contribution is 2.27. The van der Waals surface area contributed by atoms with Crippen LogP contribution in [0.15, 0.2) is 48.5 Å². The first-order chi connectivity index (χ1) is 11.7. The van der Waals surface area contributed by atoms with Gasteiger partial charge in [0.25, 0.3) is 0 Å². The van der Waals surface area contributed by atoms with E-state index in [9.17, 15) is 0 Å². The van der Waals surface area contributed by atoms with E-state index >= 15 is 0 Å². The Labute approximate surface area is 153 Å². The van der Waals surface area contributed by atoms with E-state index in [-0.39, 0.29) is 6.04 Å². The van der Waals surface area contributed by atoms with Gasteiger partial charge in [0.1, 0.15) is 0 Å². The highest BCUT2D eigenvalue weighted by molar-refractivity contribution is 6.31. The third-order valence-electron chi connectivity index (χ3n) is 4.33. The van der Waals surface area contributed by atoms with Crippen molar-refractivity contribution >= 4 is 23.2 Å². The SMILES string of the molecule is Clc1ccc(CNCC(c2ccccc2Cl)N2CCOCC2)cc1. The van der Waals surface area contributed by atoms with Crippen LogP contribution >= 0.6 is 23.2 Å². The van der Waals surface area contributed by atoms with Gasteiger partial charge in [-0.05, 0) is 29.3 Å². The molecule has 1 aliphatic rings. The predicted molar refractivity (Wildman–Crippen MR) is 99.7 cm³/mol. The maximum Gasteiger partial charge on any atom is 0.0594 e. The summed E-state index contributed by atoms with van der Waals surface area (Å²) in [6.07, 6.45) is 0. The minimum atomic E-state index is 0.245. The van der Waals surface area contributed by atoms with Crippen LogP contribution in [0, 0.1) is 0 Å². The smallest absolute Gasteiger partial charge is 0.0594 e. The normalized spacial score (nSPS) is 16.9. The third kappa shape index (κ3) is 4.71. The van der Waals surface area contributed by atoms with Gasteiger partial charge in [0.15, 0.2) is 0 Å². The lowest BCUT2D eigenvalue weighted by atomic mass is 10.0. The summed E-state index contributed by atoms with van der Waals surface area (Å²) in [5, 5.41) is 5.15. The zero-order valence-corrected chi connectivity index (χ0v) is 15.1. The molecule has 3 rings (SSSR count). The van der Waals surface area contributed by atoms with Crippen LogP contribution in [0.2, 0.25) is 10.0 Å². The van der Waals surface area contributed by atoms with Crippen molar-refractivity contribution in [3.8, 4) is 0 Å². The molecule has 0 saturated carbocycles.